The van der Waals surface area contributed by atoms with Crippen molar-refractivity contribution >= 4 is 22.6 Å². The second-order valence-corrected chi connectivity index (χ2v) is 6.12. The van der Waals surface area contributed by atoms with Crippen LogP contribution in [0.2, 0.25) is 0 Å². The Morgan fingerprint density at radius 2 is 2.17 bits per heavy atom. The molecule has 1 aromatic carbocycles. The summed E-state index contributed by atoms with van der Waals surface area (Å²) in [6.07, 6.45) is 2.75. The Balaban J connectivity index is 1.61. The molecular formula is C18H23N5O. The first-order valence-electron chi connectivity index (χ1n) is 8.22. The van der Waals surface area contributed by atoms with E-state index in [2.05, 4.69) is 44.6 Å². The molecule has 0 aliphatic rings. The lowest BCUT2D eigenvalue weighted by Crippen LogP contribution is -2.37. The summed E-state index contributed by atoms with van der Waals surface area (Å²) in [6, 6.07) is 9.80. The molecule has 0 spiro atoms. The van der Waals surface area contributed by atoms with E-state index in [4.69, 9.17) is 0 Å². The van der Waals surface area contributed by atoms with E-state index >= 15 is 0 Å². The number of hydrogen-bond donors (Lipinski definition) is 3. The highest BCUT2D eigenvalue weighted by Crippen LogP contribution is 2.20. The lowest BCUT2D eigenvalue weighted by Gasteiger charge is -2.14. The Bertz CT molecular complexity index is 848. The molecule has 0 bridgehead atoms. The zero-order chi connectivity index (χ0) is 17.1. The molecule has 2 aromatic heterocycles. The highest BCUT2D eigenvalue weighted by molar-refractivity contribution is 5.92. The average molecular weight is 325 g/mol. The smallest absolute Gasteiger partial charge is 0.319 e. The lowest BCUT2D eigenvalue weighted by molar-refractivity contribution is 0.249. The summed E-state index contributed by atoms with van der Waals surface area (Å²) in [7, 11) is 0. The topological polar surface area (TPSA) is 74.7 Å². The van der Waals surface area contributed by atoms with E-state index in [1.54, 1.807) is 0 Å². The third kappa shape index (κ3) is 3.59. The molecule has 3 N–H and O–H groups in total. The summed E-state index contributed by atoms with van der Waals surface area (Å²) in [5.41, 5.74) is 3.88. The number of aryl methyl sites for hydroxylation is 2. The van der Waals surface area contributed by atoms with Gasteiger partial charge in [-0.05, 0) is 50.4 Å². The minimum atomic E-state index is -0.205. The van der Waals surface area contributed by atoms with Crippen LogP contribution in [0.3, 0.4) is 0 Å². The molecule has 2 amide bonds. The molecule has 1 atom stereocenters. The van der Waals surface area contributed by atoms with Crippen LogP contribution in [0.5, 0.6) is 0 Å². The van der Waals surface area contributed by atoms with Gasteiger partial charge in [0.2, 0.25) is 0 Å². The predicted octanol–water partition coefficient (Wildman–Crippen LogP) is 3.45. The number of amides is 2. The van der Waals surface area contributed by atoms with Crippen LogP contribution in [0.15, 0.2) is 36.5 Å². The molecular weight excluding hydrogens is 302 g/mol. The number of carbonyl (C=O) groups is 1. The van der Waals surface area contributed by atoms with Gasteiger partial charge in [0, 0.05) is 36.6 Å². The molecule has 0 aliphatic carbocycles. The summed E-state index contributed by atoms with van der Waals surface area (Å²) in [6.45, 7) is 6.93. The van der Waals surface area contributed by atoms with Crippen molar-refractivity contribution in [2.24, 2.45) is 0 Å². The number of carbonyl (C=O) groups excluding carboxylic acids is 1. The monoisotopic (exact) mass is 325 g/mol. The number of hydrogen-bond acceptors (Lipinski definition) is 2. The van der Waals surface area contributed by atoms with Crippen LogP contribution in [0.25, 0.3) is 10.9 Å². The number of aromatic amines is 1. The molecule has 6 nitrogen and oxygen atoms in total. The predicted molar refractivity (Wildman–Crippen MR) is 96.3 cm³/mol. The summed E-state index contributed by atoms with van der Waals surface area (Å²) in [4.78, 5) is 12.2. The second kappa shape index (κ2) is 6.78. The Labute approximate surface area is 141 Å². The van der Waals surface area contributed by atoms with Crippen LogP contribution in [0, 0.1) is 6.92 Å². The fraction of sp³-hybridized carbons (Fsp3) is 0.333. The van der Waals surface area contributed by atoms with Gasteiger partial charge in [-0.2, -0.15) is 5.10 Å². The molecule has 2 heterocycles. The molecule has 0 saturated heterocycles. The van der Waals surface area contributed by atoms with Crippen molar-refractivity contribution < 1.29 is 4.79 Å². The van der Waals surface area contributed by atoms with Crippen LogP contribution in [-0.2, 0) is 13.0 Å². The van der Waals surface area contributed by atoms with Crippen molar-refractivity contribution in [2.45, 2.75) is 39.8 Å². The first kappa shape index (κ1) is 16.1. The van der Waals surface area contributed by atoms with Gasteiger partial charge in [0.05, 0.1) is 11.2 Å². The number of rotatable bonds is 5. The minimum Gasteiger partial charge on any atom is -0.348 e. The largest absolute Gasteiger partial charge is 0.348 e. The number of benzene rings is 1. The van der Waals surface area contributed by atoms with Crippen LogP contribution in [0.1, 0.15) is 25.2 Å². The Hall–Kier alpha value is -2.76. The Kier molecular flexibility index (Phi) is 4.55. The highest BCUT2D eigenvalue weighted by Gasteiger charge is 2.10. The van der Waals surface area contributed by atoms with Gasteiger partial charge >= 0.3 is 6.03 Å². The molecule has 6 heteroatoms. The number of anilines is 1. The van der Waals surface area contributed by atoms with E-state index in [0.717, 1.165) is 29.1 Å². The maximum atomic E-state index is 12.2. The molecule has 3 rings (SSSR count). The van der Waals surface area contributed by atoms with Gasteiger partial charge in [-0.3, -0.25) is 5.10 Å². The second-order valence-electron chi connectivity index (χ2n) is 6.12. The average Bonchev–Trinajstić information content (AvgIpc) is 3.12. The highest BCUT2D eigenvalue weighted by atomic mass is 16.2. The third-order valence-corrected chi connectivity index (χ3v) is 4.02. The van der Waals surface area contributed by atoms with Crippen LogP contribution < -0.4 is 10.6 Å². The lowest BCUT2D eigenvalue weighted by atomic mass is 10.2. The molecule has 3 aromatic rings. The van der Waals surface area contributed by atoms with E-state index < -0.39 is 0 Å². The minimum absolute atomic E-state index is 0.00376. The van der Waals surface area contributed by atoms with Crippen molar-refractivity contribution in [3.05, 3.63) is 47.9 Å². The third-order valence-electron chi connectivity index (χ3n) is 4.02. The van der Waals surface area contributed by atoms with E-state index in [0.29, 0.717) is 6.42 Å². The van der Waals surface area contributed by atoms with Crippen LogP contribution in [-0.4, -0.2) is 26.8 Å². The maximum absolute atomic E-state index is 12.2. The van der Waals surface area contributed by atoms with Gasteiger partial charge in [0.25, 0.3) is 0 Å². The summed E-state index contributed by atoms with van der Waals surface area (Å²) >= 11 is 0. The van der Waals surface area contributed by atoms with Gasteiger partial charge in [-0.1, -0.05) is 6.07 Å². The fourth-order valence-electron chi connectivity index (χ4n) is 2.87. The maximum Gasteiger partial charge on any atom is 0.319 e. The Morgan fingerprint density at radius 3 is 2.88 bits per heavy atom. The molecule has 0 unspecified atom stereocenters. The first-order valence-corrected chi connectivity index (χ1v) is 8.22. The number of aromatic nitrogens is 3. The summed E-state index contributed by atoms with van der Waals surface area (Å²) in [5, 5.41) is 14.1. The van der Waals surface area contributed by atoms with E-state index in [-0.39, 0.29) is 12.1 Å². The molecule has 0 aliphatic heterocycles. The fourth-order valence-corrected chi connectivity index (χ4v) is 2.87. The van der Waals surface area contributed by atoms with Crippen molar-refractivity contribution in [1.29, 1.82) is 0 Å². The number of nitrogens with one attached hydrogen (secondary N) is 3. The van der Waals surface area contributed by atoms with Crippen LogP contribution in [0.4, 0.5) is 10.5 Å². The standard InChI is InChI=1S/C18H23N5O/c1-4-23-8-7-14-5-6-15(11-17(14)23)20-18(24)19-12(2)9-16-10-13(3)21-22-16/h5-8,10-12H,4,9H2,1-3H3,(H,21,22)(H2,19,20,24)/t12-/m0/s1. The molecule has 0 radical (unpaired) electrons. The summed E-state index contributed by atoms with van der Waals surface area (Å²) < 4.78 is 2.15. The number of H-pyrrole nitrogens is 1. The van der Waals surface area contributed by atoms with Crippen molar-refractivity contribution in [1.82, 2.24) is 20.1 Å². The van der Waals surface area contributed by atoms with Gasteiger partial charge in [-0.15, -0.1) is 0 Å². The molecule has 126 valence electrons. The summed E-state index contributed by atoms with van der Waals surface area (Å²) in [5.74, 6) is 0. The first-order chi connectivity index (χ1) is 11.5. The van der Waals surface area contributed by atoms with Crippen molar-refractivity contribution in [3.8, 4) is 0 Å². The Morgan fingerprint density at radius 1 is 1.33 bits per heavy atom. The zero-order valence-electron chi connectivity index (χ0n) is 14.3. The SMILES string of the molecule is CCn1ccc2ccc(NC(=O)N[C@@H](C)Cc3cc(C)[nH]n3)cc21. The number of nitrogens with zero attached hydrogens (tertiary/aromatic N) is 2. The van der Waals surface area contributed by atoms with E-state index in [1.807, 2.05) is 38.1 Å². The zero-order valence-corrected chi connectivity index (χ0v) is 14.3. The van der Waals surface area contributed by atoms with Gasteiger partial charge in [0.15, 0.2) is 0 Å². The number of urea groups is 1. The van der Waals surface area contributed by atoms with Gasteiger partial charge < -0.3 is 15.2 Å². The van der Waals surface area contributed by atoms with Crippen LogP contribution >= 0.6 is 0 Å². The normalized spacial score (nSPS) is 12.3. The number of fused-ring (bicyclic) bond motifs is 1. The molecule has 0 saturated carbocycles. The van der Waals surface area contributed by atoms with Gasteiger partial charge in [0.1, 0.15) is 0 Å². The van der Waals surface area contributed by atoms with Gasteiger partial charge in [-0.25, -0.2) is 4.79 Å². The van der Waals surface area contributed by atoms with E-state index in [9.17, 15) is 4.79 Å². The molecule has 0 fully saturated rings. The van der Waals surface area contributed by atoms with Crippen molar-refractivity contribution in [3.63, 3.8) is 0 Å². The quantitative estimate of drug-likeness (QED) is 0.672. The van der Waals surface area contributed by atoms with Crippen molar-refractivity contribution in [2.75, 3.05) is 5.32 Å². The van der Waals surface area contributed by atoms with E-state index in [1.165, 1.54) is 5.39 Å². The molecule has 24 heavy (non-hydrogen) atoms.